The van der Waals surface area contributed by atoms with Gasteiger partial charge in [0.2, 0.25) is 5.95 Å². The van der Waals surface area contributed by atoms with Crippen LogP contribution >= 0.6 is 0 Å². The van der Waals surface area contributed by atoms with Crippen LogP contribution in [0.4, 0.5) is 5.95 Å². The molecule has 0 aliphatic heterocycles. The minimum Gasteiger partial charge on any atom is -0.392 e. The van der Waals surface area contributed by atoms with Crippen molar-refractivity contribution in [1.82, 2.24) is 24.1 Å². The number of hydrogen-bond donors (Lipinski definition) is 3. The second kappa shape index (κ2) is 6.28. The normalized spacial score (nSPS) is 12.5. The highest BCUT2D eigenvalue weighted by Gasteiger charge is 2.18. The summed E-state index contributed by atoms with van der Waals surface area (Å²) in [7, 11) is 1.53. The number of aromatic amines is 1. The smallest absolute Gasteiger partial charge is 0.329 e. The Morgan fingerprint density at radius 3 is 2.88 bits per heavy atom. The number of hydrogen-bond acceptors (Lipinski definition) is 6. The lowest BCUT2D eigenvalue weighted by atomic mass is 10.3. The number of nitrogens with one attached hydrogen (secondary N) is 2. The molecule has 0 aliphatic rings. The summed E-state index contributed by atoms with van der Waals surface area (Å²) in [5.74, 6) is 0.404. The molecule has 0 spiro atoms. The predicted molar refractivity (Wildman–Crippen MR) is 88.8 cm³/mol. The SMILES string of the molecule is C[C@@H](O)Cn1c(NCc2cccnc2)nc2c1c(=O)[nH]c(=O)n2C. The number of fused-ring (bicyclic) bond motifs is 1. The molecule has 24 heavy (non-hydrogen) atoms. The lowest BCUT2D eigenvalue weighted by molar-refractivity contribution is 0.175. The molecule has 0 amide bonds. The van der Waals surface area contributed by atoms with E-state index in [4.69, 9.17) is 0 Å². The van der Waals surface area contributed by atoms with Gasteiger partial charge in [0.1, 0.15) is 0 Å². The van der Waals surface area contributed by atoms with Crippen molar-refractivity contribution < 1.29 is 5.11 Å². The molecule has 3 aromatic rings. The van der Waals surface area contributed by atoms with Gasteiger partial charge in [-0.2, -0.15) is 4.98 Å². The first-order valence-corrected chi connectivity index (χ1v) is 7.47. The highest BCUT2D eigenvalue weighted by molar-refractivity contribution is 5.74. The summed E-state index contributed by atoms with van der Waals surface area (Å²) in [5, 5.41) is 12.9. The van der Waals surface area contributed by atoms with Crippen molar-refractivity contribution >= 4 is 17.1 Å². The van der Waals surface area contributed by atoms with Crippen molar-refractivity contribution in [2.45, 2.75) is 26.1 Å². The van der Waals surface area contributed by atoms with E-state index in [9.17, 15) is 14.7 Å². The first kappa shape index (κ1) is 15.9. The number of aliphatic hydroxyl groups is 1. The Morgan fingerprint density at radius 2 is 2.21 bits per heavy atom. The Kier molecular flexibility index (Phi) is 4.17. The van der Waals surface area contributed by atoms with E-state index < -0.39 is 17.4 Å². The minimum atomic E-state index is -0.682. The van der Waals surface area contributed by atoms with Crippen LogP contribution in [0.25, 0.3) is 11.2 Å². The van der Waals surface area contributed by atoms with Crippen LogP contribution in [0.5, 0.6) is 0 Å². The number of aliphatic hydroxyl groups excluding tert-OH is 1. The molecule has 0 aromatic carbocycles. The van der Waals surface area contributed by atoms with Crippen LogP contribution in [0.3, 0.4) is 0 Å². The third kappa shape index (κ3) is 2.93. The van der Waals surface area contributed by atoms with E-state index in [-0.39, 0.29) is 17.7 Å². The summed E-state index contributed by atoms with van der Waals surface area (Å²) < 4.78 is 2.85. The zero-order valence-corrected chi connectivity index (χ0v) is 13.4. The third-order valence-electron chi connectivity index (χ3n) is 3.63. The minimum absolute atomic E-state index is 0.174. The molecule has 0 aliphatic carbocycles. The Bertz CT molecular complexity index is 971. The largest absolute Gasteiger partial charge is 0.392 e. The number of imidazole rings is 1. The Balaban J connectivity index is 2.09. The van der Waals surface area contributed by atoms with E-state index in [0.29, 0.717) is 12.5 Å². The summed E-state index contributed by atoms with van der Waals surface area (Å²) in [6, 6.07) is 3.73. The highest BCUT2D eigenvalue weighted by Crippen LogP contribution is 2.16. The Hall–Kier alpha value is -2.94. The van der Waals surface area contributed by atoms with E-state index in [1.54, 1.807) is 23.9 Å². The number of aromatic nitrogens is 5. The molecule has 9 heteroatoms. The molecule has 0 saturated carbocycles. The van der Waals surface area contributed by atoms with Crippen molar-refractivity contribution in [2.24, 2.45) is 7.05 Å². The van der Waals surface area contributed by atoms with Crippen LogP contribution in [-0.2, 0) is 20.1 Å². The first-order chi connectivity index (χ1) is 11.5. The molecular formula is C15H18N6O3. The molecule has 0 fully saturated rings. The van der Waals surface area contributed by atoms with Crippen LogP contribution in [0.1, 0.15) is 12.5 Å². The van der Waals surface area contributed by atoms with Gasteiger partial charge in [-0.15, -0.1) is 0 Å². The van der Waals surface area contributed by atoms with Crippen molar-refractivity contribution in [3.8, 4) is 0 Å². The molecule has 0 unspecified atom stereocenters. The fraction of sp³-hybridized carbons (Fsp3) is 0.333. The van der Waals surface area contributed by atoms with Crippen LogP contribution in [-0.4, -0.2) is 35.3 Å². The van der Waals surface area contributed by atoms with Gasteiger partial charge < -0.3 is 15.0 Å². The van der Waals surface area contributed by atoms with Crippen molar-refractivity contribution in [3.63, 3.8) is 0 Å². The molecule has 3 heterocycles. The number of pyridine rings is 1. The van der Waals surface area contributed by atoms with Crippen molar-refractivity contribution in [2.75, 3.05) is 5.32 Å². The summed E-state index contributed by atoms with van der Waals surface area (Å²) in [4.78, 5) is 34.6. The van der Waals surface area contributed by atoms with Gasteiger partial charge in [0, 0.05) is 26.0 Å². The molecule has 0 radical (unpaired) electrons. The lowest BCUT2D eigenvalue weighted by Crippen LogP contribution is -2.29. The molecule has 3 N–H and O–H groups in total. The predicted octanol–water partition coefficient (Wildman–Crippen LogP) is -0.189. The van der Waals surface area contributed by atoms with Crippen molar-refractivity contribution in [1.29, 1.82) is 0 Å². The number of anilines is 1. The summed E-state index contributed by atoms with van der Waals surface area (Å²) >= 11 is 0. The average molecular weight is 330 g/mol. The standard InChI is InChI=1S/C15H18N6O3/c1-9(22)8-21-11-12(20(2)15(24)19-13(11)23)18-14(21)17-7-10-4-3-5-16-6-10/h3-6,9,22H,7-8H2,1-2H3,(H,17,18)(H,19,23,24)/t9-/m1/s1. The highest BCUT2D eigenvalue weighted by atomic mass is 16.3. The van der Waals surface area contributed by atoms with Gasteiger partial charge in [-0.3, -0.25) is 19.3 Å². The lowest BCUT2D eigenvalue weighted by Gasteiger charge is -2.11. The van der Waals surface area contributed by atoms with Crippen LogP contribution in [0, 0.1) is 0 Å². The van der Waals surface area contributed by atoms with Gasteiger partial charge in [0.15, 0.2) is 11.2 Å². The second-order valence-electron chi connectivity index (χ2n) is 5.60. The quantitative estimate of drug-likeness (QED) is 0.597. The maximum atomic E-state index is 12.2. The molecular weight excluding hydrogens is 312 g/mol. The average Bonchev–Trinajstić information content (AvgIpc) is 2.90. The Labute approximate surface area is 136 Å². The molecule has 0 bridgehead atoms. The van der Waals surface area contributed by atoms with Gasteiger partial charge in [0.05, 0.1) is 12.6 Å². The van der Waals surface area contributed by atoms with Gasteiger partial charge >= 0.3 is 5.69 Å². The zero-order valence-electron chi connectivity index (χ0n) is 13.4. The Morgan fingerprint density at radius 1 is 1.42 bits per heavy atom. The maximum Gasteiger partial charge on any atom is 0.329 e. The summed E-state index contributed by atoms with van der Waals surface area (Å²) in [6.07, 6.45) is 2.72. The number of rotatable bonds is 5. The number of H-pyrrole nitrogens is 1. The number of aryl methyl sites for hydroxylation is 1. The van der Waals surface area contributed by atoms with Gasteiger partial charge in [-0.1, -0.05) is 6.07 Å². The second-order valence-corrected chi connectivity index (χ2v) is 5.60. The van der Waals surface area contributed by atoms with Gasteiger partial charge in [-0.05, 0) is 18.6 Å². The molecule has 3 aromatic heterocycles. The number of nitrogens with zero attached hydrogens (tertiary/aromatic N) is 4. The fourth-order valence-electron chi connectivity index (χ4n) is 2.50. The van der Waals surface area contributed by atoms with Crippen molar-refractivity contribution in [3.05, 3.63) is 50.9 Å². The first-order valence-electron chi connectivity index (χ1n) is 7.47. The zero-order chi connectivity index (χ0) is 17.3. The van der Waals surface area contributed by atoms with Crippen LogP contribution in [0.15, 0.2) is 34.1 Å². The van der Waals surface area contributed by atoms with Gasteiger partial charge in [-0.25, -0.2) is 4.79 Å². The van der Waals surface area contributed by atoms with E-state index in [0.717, 1.165) is 5.56 Å². The molecule has 1 atom stereocenters. The van der Waals surface area contributed by atoms with E-state index in [1.807, 2.05) is 12.1 Å². The van der Waals surface area contributed by atoms with E-state index in [1.165, 1.54) is 11.6 Å². The fourth-order valence-corrected chi connectivity index (χ4v) is 2.50. The van der Waals surface area contributed by atoms with Gasteiger partial charge in [0.25, 0.3) is 5.56 Å². The maximum absolute atomic E-state index is 12.2. The van der Waals surface area contributed by atoms with Crippen LogP contribution < -0.4 is 16.6 Å². The molecule has 3 rings (SSSR count). The molecule has 126 valence electrons. The van der Waals surface area contributed by atoms with Crippen LogP contribution in [0.2, 0.25) is 0 Å². The summed E-state index contributed by atoms with van der Waals surface area (Å²) in [5.41, 5.74) is 0.379. The van der Waals surface area contributed by atoms with E-state index >= 15 is 0 Å². The molecule has 9 nitrogen and oxygen atoms in total. The molecule has 0 saturated heterocycles. The topological polar surface area (TPSA) is 118 Å². The third-order valence-corrected chi connectivity index (χ3v) is 3.63. The monoisotopic (exact) mass is 330 g/mol. The summed E-state index contributed by atoms with van der Waals surface area (Å²) in [6.45, 7) is 2.24. The van der Waals surface area contributed by atoms with E-state index in [2.05, 4.69) is 20.3 Å².